The van der Waals surface area contributed by atoms with Crippen LogP contribution in [0.4, 0.5) is 30.5 Å². The number of pyridine rings is 1. The van der Waals surface area contributed by atoms with Crippen molar-refractivity contribution in [1.82, 2.24) is 18.8 Å². The van der Waals surface area contributed by atoms with Gasteiger partial charge in [0.05, 0.1) is 17.5 Å². The third-order valence-electron chi connectivity index (χ3n) is 6.22. The minimum Gasteiger partial charge on any atom is -0.334 e. The number of carbonyl (C=O) groups is 1. The SMILES string of the molecule is CCc1cc(CN(C)S(=O)(=O)C(F)F)cc(F)c1N(C)c1cc2c(ncn2C)c(NC(=O)C2CC2)n1. The van der Waals surface area contributed by atoms with E-state index in [-0.39, 0.29) is 28.9 Å². The van der Waals surface area contributed by atoms with Gasteiger partial charge >= 0.3 is 5.76 Å². The van der Waals surface area contributed by atoms with Gasteiger partial charge < -0.3 is 14.8 Å². The topological polar surface area (TPSA) is 100 Å². The van der Waals surface area contributed by atoms with E-state index >= 15 is 4.39 Å². The second kappa shape index (κ2) is 9.69. The van der Waals surface area contributed by atoms with Crippen molar-refractivity contribution in [2.24, 2.45) is 13.0 Å². The Hall–Kier alpha value is -3.19. The lowest BCUT2D eigenvalue weighted by Crippen LogP contribution is -2.31. The molecular formula is C23H27F3N6O3S. The van der Waals surface area contributed by atoms with Gasteiger partial charge in [-0.1, -0.05) is 13.0 Å². The Morgan fingerprint density at radius 2 is 1.94 bits per heavy atom. The largest absolute Gasteiger partial charge is 0.350 e. The summed E-state index contributed by atoms with van der Waals surface area (Å²) in [5.74, 6) is -3.77. The molecular weight excluding hydrogens is 497 g/mol. The molecule has 3 aromatic rings. The van der Waals surface area contributed by atoms with Crippen LogP contribution in [0.25, 0.3) is 11.0 Å². The van der Waals surface area contributed by atoms with Crippen molar-refractivity contribution in [3.8, 4) is 0 Å². The molecule has 0 atom stereocenters. The molecule has 36 heavy (non-hydrogen) atoms. The summed E-state index contributed by atoms with van der Waals surface area (Å²) in [5.41, 5.74) is 2.17. The van der Waals surface area contributed by atoms with Crippen LogP contribution >= 0.6 is 0 Å². The van der Waals surface area contributed by atoms with Gasteiger partial charge in [0.1, 0.15) is 17.2 Å². The second-order valence-corrected chi connectivity index (χ2v) is 10.9. The maximum atomic E-state index is 15.4. The molecule has 2 heterocycles. The maximum Gasteiger partial charge on any atom is 0.350 e. The van der Waals surface area contributed by atoms with Crippen molar-refractivity contribution in [3.63, 3.8) is 0 Å². The van der Waals surface area contributed by atoms with Crippen molar-refractivity contribution >= 4 is 44.3 Å². The molecule has 1 aliphatic rings. The number of fused-ring (bicyclic) bond motifs is 1. The van der Waals surface area contributed by atoms with Gasteiger partial charge in [-0.2, -0.15) is 13.1 Å². The van der Waals surface area contributed by atoms with Gasteiger partial charge in [0.25, 0.3) is 10.0 Å². The Morgan fingerprint density at radius 1 is 1.25 bits per heavy atom. The van der Waals surface area contributed by atoms with Gasteiger partial charge in [-0.3, -0.25) is 4.79 Å². The lowest BCUT2D eigenvalue weighted by molar-refractivity contribution is -0.117. The molecule has 1 N–H and O–H groups in total. The van der Waals surface area contributed by atoms with Gasteiger partial charge in [-0.25, -0.2) is 22.8 Å². The summed E-state index contributed by atoms with van der Waals surface area (Å²) in [5, 5.41) is 2.83. The van der Waals surface area contributed by atoms with Crippen molar-refractivity contribution in [1.29, 1.82) is 0 Å². The predicted molar refractivity (Wildman–Crippen MR) is 130 cm³/mol. The Balaban J connectivity index is 1.72. The third-order valence-corrected chi connectivity index (χ3v) is 7.66. The molecule has 4 rings (SSSR count). The van der Waals surface area contributed by atoms with Crippen LogP contribution in [0.1, 0.15) is 30.9 Å². The van der Waals surface area contributed by atoms with E-state index in [1.165, 1.54) is 4.90 Å². The Bertz CT molecular complexity index is 1420. The average molecular weight is 525 g/mol. The van der Waals surface area contributed by atoms with Crippen LogP contribution in [0.3, 0.4) is 0 Å². The highest BCUT2D eigenvalue weighted by atomic mass is 32.2. The third kappa shape index (κ3) is 4.89. The highest BCUT2D eigenvalue weighted by Crippen LogP contribution is 2.35. The number of amides is 1. The van der Waals surface area contributed by atoms with Gasteiger partial charge in [0.2, 0.25) is 5.91 Å². The van der Waals surface area contributed by atoms with Crippen LogP contribution in [0.15, 0.2) is 24.5 Å². The number of carbonyl (C=O) groups excluding carboxylic acids is 1. The Labute approximate surface area is 207 Å². The van der Waals surface area contributed by atoms with Crippen LogP contribution < -0.4 is 10.2 Å². The molecule has 0 aliphatic heterocycles. The zero-order valence-corrected chi connectivity index (χ0v) is 21.1. The van der Waals surface area contributed by atoms with Crippen LogP contribution in [-0.2, 0) is 34.8 Å². The summed E-state index contributed by atoms with van der Waals surface area (Å²) in [4.78, 5) is 22.8. The molecule has 0 spiro atoms. The van der Waals surface area contributed by atoms with E-state index in [9.17, 15) is 22.0 Å². The fourth-order valence-corrected chi connectivity index (χ4v) is 4.59. The number of hydrogen-bond acceptors (Lipinski definition) is 6. The Morgan fingerprint density at radius 3 is 2.56 bits per heavy atom. The zero-order chi connectivity index (χ0) is 26.4. The number of alkyl halides is 2. The molecule has 0 saturated heterocycles. The summed E-state index contributed by atoms with van der Waals surface area (Å²) in [7, 11) is -0.354. The first-order valence-electron chi connectivity index (χ1n) is 11.3. The van der Waals surface area contributed by atoms with E-state index in [2.05, 4.69) is 15.3 Å². The van der Waals surface area contributed by atoms with E-state index in [1.54, 1.807) is 44.0 Å². The van der Waals surface area contributed by atoms with Gasteiger partial charge in [-0.15, -0.1) is 0 Å². The molecule has 13 heteroatoms. The number of halogens is 3. The molecule has 1 aliphatic carbocycles. The molecule has 194 valence electrons. The number of aromatic nitrogens is 3. The summed E-state index contributed by atoms with van der Waals surface area (Å²) < 4.78 is 66.9. The quantitative estimate of drug-likeness (QED) is 0.458. The normalized spacial score (nSPS) is 14.1. The predicted octanol–water partition coefficient (Wildman–Crippen LogP) is 3.77. The summed E-state index contributed by atoms with van der Waals surface area (Å²) in [6.45, 7) is 1.39. The molecule has 0 radical (unpaired) electrons. The minimum atomic E-state index is -4.80. The first-order valence-corrected chi connectivity index (χ1v) is 12.9. The Kier molecular flexibility index (Phi) is 6.97. The highest BCUT2D eigenvalue weighted by Gasteiger charge is 2.31. The molecule has 2 aromatic heterocycles. The lowest BCUT2D eigenvalue weighted by Gasteiger charge is -2.24. The van der Waals surface area contributed by atoms with Crippen LogP contribution in [-0.4, -0.2) is 53.0 Å². The summed E-state index contributed by atoms with van der Waals surface area (Å²) >= 11 is 0. The number of benzene rings is 1. The zero-order valence-electron chi connectivity index (χ0n) is 20.3. The molecule has 0 unspecified atom stereocenters. The van der Waals surface area contributed by atoms with Gasteiger partial charge in [-0.05, 0) is 36.5 Å². The highest BCUT2D eigenvalue weighted by molar-refractivity contribution is 7.89. The first kappa shape index (κ1) is 25.9. The maximum absolute atomic E-state index is 15.4. The van der Waals surface area contributed by atoms with Crippen molar-refractivity contribution in [3.05, 3.63) is 41.5 Å². The molecule has 1 fully saturated rings. The molecule has 1 amide bonds. The number of imidazole rings is 1. The fourth-order valence-electron chi connectivity index (χ4n) is 3.99. The minimum absolute atomic E-state index is 0.0457. The van der Waals surface area contributed by atoms with Crippen molar-refractivity contribution < 1.29 is 26.4 Å². The summed E-state index contributed by atoms with van der Waals surface area (Å²) in [6, 6.07) is 4.44. The number of hydrogen-bond donors (Lipinski definition) is 1. The fraction of sp³-hybridized carbons (Fsp3) is 0.435. The number of sulfonamides is 1. The van der Waals surface area contributed by atoms with Crippen LogP contribution in [0, 0.1) is 11.7 Å². The number of anilines is 3. The van der Waals surface area contributed by atoms with E-state index in [4.69, 9.17) is 0 Å². The summed E-state index contributed by atoms with van der Waals surface area (Å²) in [6.07, 6.45) is 3.62. The number of nitrogens with zero attached hydrogens (tertiary/aromatic N) is 5. The van der Waals surface area contributed by atoms with E-state index < -0.39 is 28.1 Å². The van der Waals surface area contributed by atoms with Gasteiger partial charge in [0, 0.05) is 39.7 Å². The second-order valence-electron chi connectivity index (χ2n) is 8.88. The number of nitrogens with one attached hydrogen (secondary N) is 1. The molecule has 1 aromatic carbocycles. The van der Waals surface area contributed by atoms with E-state index in [1.807, 2.05) is 0 Å². The van der Waals surface area contributed by atoms with Crippen LogP contribution in [0.2, 0.25) is 0 Å². The smallest absolute Gasteiger partial charge is 0.334 e. The van der Waals surface area contributed by atoms with Gasteiger partial charge in [0.15, 0.2) is 5.82 Å². The number of rotatable bonds is 9. The monoisotopic (exact) mass is 524 g/mol. The van der Waals surface area contributed by atoms with E-state index in [0.717, 1.165) is 26.0 Å². The standard InChI is InChI=1S/C23H27F3N6O3S/c1-5-14-8-13(11-31(3)36(34,35)23(25)26)9-16(24)20(14)32(4)18-10-17-19(27-12-30(17)2)21(28-18)29-22(33)15-6-7-15/h8-10,12,15,23H,5-7,11H2,1-4H3,(H,28,29,33). The average Bonchev–Trinajstić information content (AvgIpc) is 3.61. The van der Waals surface area contributed by atoms with Crippen LogP contribution in [0.5, 0.6) is 0 Å². The molecule has 9 nitrogen and oxygen atoms in total. The van der Waals surface area contributed by atoms with E-state index in [0.29, 0.717) is 33.1 Å². The first-order chi connectivity index (χ1) is 16.9. The lowest BCUT2D eigenvalue weighted by atomic mass is 10.0. The molecule has 0 bridgehead atoms. The van der Waals surface area contributed by atoms with Crippen molar-refractivity contribution in [2.75, 3.05) is 24.3 Å². The molecule has 1 saturated carbocycles. The van der Waals surface area contributed by atoms with Crippen molar-refractivity contribution in [2.45, 2.75) is 38.5 Å². The number of aryl methyl sites for hydroxylation is 2.